The quantitative estimate of drug-likeness (QED) is 0.0734. The lowest BCUT2D eigenvalue weighted by atomic mass is 10.1. The first kappa shape index (κ1) is 50.3. The summed E-state index contributed by atoms with van der Waals surface area (Å²) in [5.41, 5.74) is 5.46. The van der Waals surface area contributed by atoms with Gasteiger partial charge in [-0.1, -0.05) is 60.7 Å². The van der Waals surface area contributed by atoms with E-state index in [0.717, 1.165) is 11.1 Å². The summed E-state index contributed by atoms with van der Waals surface area (Å²) < 4.78 is 42.3. The molecule has 0 saturated heterocycles. The Labute approximate surface area is 335 Å². The summed E-state index contributed by atoms with van der Waals surface area (Å²) in [4.78, 5) is 83.8. The van der Waals surface area contributed by atoms with Crippen molar-refractivity contribution in [1.82, 2.24) is 26.6 Å². The fraction of sp³-hybridized carbons (Fsp3) is 0.513. The van der Waals surface area contributed by atoms with Crippen LogP contribution in [0.2, 0.25) is 0 Å². The van der Waals surface area contributed by atoms with Gasteiger partial charge in [0.25, 0.3) is 0 Å². The lowest BCUT2D eigenvalue weighted by molar-refractivity contribution is -0.412. The fourth-order valence-electron chi connectivity index (χ4n) is 5.07. The first-order chi connectivity index (χ1) is 27.2. The smallest absolute Gasteiger partial charge is 0.430 e. The summed E-state index contributed by atoms with van der Waals surface area (Å²) in [6.45, 7) is 7.44. The van der Waals surface area contributed by atoms with Crippen LogP contribution in [-0.2, 0) is 51.5 Å². The number of ether oxygens (including phenoxy) is 2. The molecular formula is C39H55F3N6O10. The van der Waals surface area contributed by atoms with Gasteiger partial charge in [0.2, 0.25) is 23.6 Å². The molecule has 322 valence electrons. The summed E-state index contributed by atoms with van der Waals surface area (Å²) in [7, 11) is 0. The number of halogens is 3. The molecule has 0 fully saturated rings. The average Bonchev–Trinajstić information content (AvgIpc) is 3.12. The molecule has 8 N–H and O–H groups in total. The zero-order valence-corrected chi connectivity index (χ0v) is 33.2. The minimum Gasteiger partial charge on any atom is -0.542 e. The Bertz CT molecular complexity index is 1600. The van der Waals surface area contributed by atoms with Crippen molar-refractivity contribution in [3.8, 4) is 0 Å². The second-order valence-corrected chi connectivity index (χ2v) is 13.8. The number of alkyl halides is 3. The maximum absolute atomic E-state index is 13.0. The number of amides is 5. The molecule has 0 saturated carbocycles. The van der Waals surface area contributed by atoms with Crippen molar-refractivity contribution in [2.75, 3.05) is 6.54 Å². The van der Waals surface area contributed by atoms with Crippen LogP contribution in [0.4, 0.5) is 18.0 Å². The zero-order valence-electron chi connectivity index (χ0n) is 33.2. The number of nitrogens with one attached hydrogen (secondary N) is 5. The van der Waals surface area contributed by atoms with Gasteiger partial charge in [0.15, 0.2) is 0 Å². The van der Waals surface area contributed by atoms with Gasteiger partial charge in [-0.3, -0.25) is 19.2 Å². The Morgan fingerprint density at radius 2 is 1.03 bits per heavy atom. The molecule has 2 aromatic rings. The number of carbonyl (C=O) groups is 7. The number of quaternary nitrogens is 1. The van der Waals surface area contributed by atoms with E-state index in [0.29, 0.717) is 19.4 Å². The van der Waals surface area contributed by atoms with Gasteiger partial charge in [-0.2, -0.15) is 13.2 Å². The second kappa shape index (κ2) is 27.0. The Kier molecular flexibility index (Phi) is 23.4. The number of hydrogen-bond donors (Lipinski definition) is 6. The number of hydrogen-bond acceptors (Lipinski definition) is 10. The number of esters is 1. The number of carboxylic acids is 1. The van der Waals surface area contributed by atoms with E-state index in [-0.39, 0.29) is 75.1 Å². The summed E-state index contributed by atoms with van der Waals surface area (Å²) in [6.07, 6.45) is -4.21. The summed E-state index contributed by atoms with van der Waals surface area (Å²) in [5, 5.41) is 22.5. The van der Waals surface area contributed by atoms with Gasteiger partial charge in [0, 0.05) is 43.9 Å². The van der Waals surface area contributed by atoms with Gasteiger partial charge in [0.1, 0.15) is 25.2 Å². The van der Waals surface area contributed by atoms with Crippen LogP contribution in [0, 0.1) is 0 Å². The molecule has 0 radical (unpaired) electrons. The first-order valence-electron chi connectivity index (χ1n) is 18.7. The molecule has 58 heavy (non-hydrogen) atoms. The molecule has 19 heteroatoms. The van der Waals surface area contributed by atoms with Crippen molar-refractivity contribution in [1.29, 1.82) is 0 Å². The van der Waals surface area contributed by atoms with E-state index in [2.05, 4.69) is 32.3 Å². The van der Waals surface area contributed by atoms with Crippen molar-refractivity contribution >= 4 is 41.7 Å². The number of benzene rings is 2. The molecule has 0 heterocycles. The summed E-state index contributed by atoms with van der Waals surface area (Å²) in [6, 6.07) is 16.1. The van der Waals surface area contributed by atoms with E-state index in [1.807, 2.05) is 67.6 Å². The largest absolute Gasteiger partial charge is 0.542 e. The molecule has 2 aromatic carbocycles. The Balaban J connectivity index is 0.00000219. The van der Waals surface area contributed by atoms with Crippen LogP contribution in [0.25, 0.3) is 0 Å². The van der Waals surface area contributed by atoms with Crippen LogP contribution < -0.4 is 37.4 Å². The Morgan fingerprint density at radius 1 is 0.638 bits per heavy atom. The maximum Gasteiger partial charge on any atom is 0.430 e. The van der Waals surface area contributed by atoms with Gasteiger partial charge in [0.05, 0.1) is 12.5 Å². The van der Waals surface area contributed by atoms with E-state index in [1.54, 1.807) is 20.8 Å². The van der Waals surface area contributed by atoms with Crippen LogP contribution in [0.5, 0.6) is 0 Å². The third-order valence-corrected chi connectivity index (χ3v) is 7.71. The van der Waals surface area contributed by atoms with Crippen molar-refractivity contribution in [2.24, 2.45) is 0 Å². The number of unbranched alkanes of at least 4 members (excludes halogenated alkanes) is 1. The predicted molar refractivity (Wildman–Crippen MR) is 201 cm³/mol. The van der Waals surface area contributed by atoms with E-state index >= 15 is 0 Å². The highest BCUT2D eigenvalue weighted by atomic mass is 19.4. The predicted octanol–water partition coefficient (Wildman–Crippen LogP) is 1.31. The summed E-state index contributed by atoms with van der Waals surface area (Å²) in [5.74, 6) is -4.88. The van der Waals surface area contributed by atoms with E-state index in [4.69, 9.17) is 19.4 Å². The third-order valence-electron chi connectivity index (χ3n) is 7.71. The van der Waals surface area contributed by atoms with Crippen LogP contribution >= 0.6 is 0 Å². The minimum absolute atomic E-state index is 0.0142. The van der Waals surface area contributed by atoms with E-state index < -0.39 is 48.2 Å². The molecular weight excluding hydrogens is 769 g/mol. The topological polar surface area (TPSA) is 249 Å². The molecule has 0 aromatic heterocycles. The van der Waals surface area contributed by atoms with Crippen molar-refractivity contribution < 1.29 is 67.0 Å². The molecule has 0 unspecified atom stereocenters. The molecule has 0 aliphatic heterocycles. The highest BCUT2D eigenvalue weighted by molar-refractivity contribution is 5.85. The number of carboxylic acid groups (broad SMARTS) is 1. The Morgan fingerprint density at radius 3 is 1.45 bits per heavy atom. The van der Waals surface area contributed by atoms with E-state index in [1.165, 1.54) is 0 Å². The number of rotatable bonds is 22. The lowest BCUT2D eigenvalue weighted by Crippen LogP contribution is -2.60. The SMILES string of the molecule is C[C@H](CC(=O)N[C@@H](C)CC(=O)N[C@@H](C)CC(=O)N[C@@H](CCCCNC(=O)OCc1ccccc1)C(=O)OCc1ccccc1)NC(=O)C[C@@H](C)[NH3+].O=C([O-])C(F)(F)F. The molecule has 0 spiro atoms. The maximum atomic E-state index is 13.0. The van der Waals surface area contributed by atoms with Gasteiger partial charge in [-0.05, 0) is 58.1 Å². The van der Waals surface area contributed by atoms with Crippen molar-refractivity contribution in [3.05, 3.63) is 71.8 Å². The highest BCUT2D eigenvalue weighted by Crippen LogP contribution is 2.12. The molecule has 0 aliphatic rings. The molecule has 5 amide bonds. The van der Waals surface area contributed by atoms with Crippen LogP contribution in [0.15, 0.2) is 60.7 Å². The number of alkyl carbamates (subject to hydrolysis) is 1. The Hall–Kier alpha value is -5.72. The van der Waals surface area contributed by atoms with Gasteiger partial charge >= 0.3 is 18.2 Å². The van der Waals surface area contributed by atoms with Crippen molar-refractivity contribution in [3.63, 3.8) is 0 Å². The molecule has 16 nitrogen and oxygen atoms in total. The van der Waals surface area contributed by atoms with Gasteiger partial charge < -0.3 is 51.7 Å². The standard InChI is InChI=1S/C37H54N6O8.C2HF3O2/c1-25(38)19-32(44)40-26(2)20-33(45)41-27(3)21-34(46)42-28(4)22-35(47)43-31(36(48)50-23-29-13-7-5-8-14-29)17-11-12-18-39-37(49)51-24-30-15-9-6-10-16-30;3-2(4,5)1(6)7/h5-10,13-16,25-28,31H,11-12,17-24,38H2,1-4H3,(H,39,49)(H,40,44)(H,41,45)(H,42,46)(H,43,47);(H,6,7)/t25-,26-,27+,28+,31+;/m1./s1. The minimum atomic E-state index is -5.19. The first-order valence-corrected chi connectivity index (χ1v) is 18.7. The fourth-order valence-corrected chi connectivity index (χ4v) is 5.07. The van der Waals surface area contributed by atoms with Crippen LogP contribution in [0.3, 0.4) is 0 Å². The normalized spacial score (nSPS) is 13.4. The van der Waals surface area contributed by atoms with Gasteiger partial charge in [-0.25, -0.2) is 9.59 Å². The van der Waals surface area contributed by atoms with E-state index in [9.17, 15) is 41.9 Å². The zero-order chi connectivity index (χ0) is 43.7. The second-order valence-electron chi connectivity index (χ2n) is 13.8. The highest BCUT2D eigenvalue weighted by Gasteiger charge is 2.29. The molecule has 0 bridgehead atoms. The monoisotopic (exact) mass is 824 g/mol. The third kappa shape index (κ3) is 24.7. The van der Waals surface area contributed by atoms with Crippen molar-refractivity contribution in [2.45, 2.75) is 122 Å². The number of carbonyl (C=O) groups excluding carboxylic acids is 7. The summed E-state index contributed by atoms with van der Waals surface area (Å²) >= 11 is 0. The average molecular weight is 825 g/mol. The molecule has 5 atom stereocenters. The van der Waals surface area contributed by atoms with Crippen LogP contribution in [0.1, 0.15) is 83.8 Å². The number of aliphatic carboxylic acids is 1. The molecule has 0 aliphatic carbocycles. The van der Waals surface area contributed by atoms with Gasteiger partial charge in [-0.15, -0.1) is 0 Å². The lowest BCUT2D eigenvalue weighted by Gasteiger charge is -2.21. The molecule has 2 rings (SSSR count). The van der Waals surface area contributed by atoms with Crippen LogP contribution in [-0.4, -0.2) is 84.6 Å².